The summed E-state index contributed by atoms with van der Waals surface area (Å²) in [5.41, 5.74) is 10.6. The largest absolute Gasteiger partial charge is 0.435 e. The summed E-state index contributed by atoms with van der Waals surface area (Å²) in [5, 5.41) is 0.0141. The number of aromatic nitrogens is 3. The first-order valence-corrected chi connectivity index (χ1v) is 11.8. The van der Waals surface area contributed by atoms with Gasteiger partial charge in [-0.15, -0.1) is 0 Å². The predicted octanol–water partition coefficient (Wildman–Crippen LogP) is 3.01. The fourth-order valence-corrected chi connectivity index (χ4v) is 5.65. The number of piperidine rings is 1. The maximum absolute atomic E-state index is 12.1. The number of fused-ring (bicyclic) bond motifs is 2. The lowest BCUT2D eigenvalue weighted by Crippen LogP contribution is -2.44. The Bertz CT molecular complexity index is 1380. The molecule has 1 saturated heterocycles. The van der Waals surface area contributed by atoms with Gasteiger partial charge in [-0.05, 0) is 41.9 Å². The number of rotatable bonds is 2. The van der Waals surface area contributed by atoms with E-state index in [1.807, 2.05) is 0 Å². The number of halogens is 1. The Kier molecular flexibility index (Phi) is 4.97. The van der Waals surface area contributed by atoms with Gasteiger partial charge in [0.25, 0.3) is 5.56 Å². The number of aliphatic imine (C=N–C) groups is 1. The molecule has 8 nitrogen and oxygen atoms in total. The molecule has 1 spiro atoms. The molecule has 2 N–H and O–H groups in total. The summed E-state index contributed by atoms with van der Waals surface area (Å²) in [6.45, 7) is 2.16. The molecule has 2 aromatic heterocycles. The number of benzene rings is 1. The van der Waals surface area contributed by atoms with Crippen molar-refractivity contribution in [2.24, 2.45) is 23.2 Å². The second kappa shape index (κ2) is 7.92. The topological polar surface area (TPSA) is 98.6 Å². The van der Waals surface area contributed by atoms with Gasteiger partial charge in [0.15, 0.2) is 5.75 Å². The summed E-state index contributed by atoms with van der Waals surface area (Å²) >= 11 is 6.16. The molecule has 0 amide bonds. The average Bonchev–Trinajstić information content (AvgIpc) is 3.38. The van der Waals surface area contributed by atoms with Gasteiger partial charge in [0, 0.05) is 32.4 Å². The molecular weight excluding hydrogens is 452 g/mol. The van der Waals surface area contributed by atoms with Crippen LogP contribution < -0.4 is 20.9 Å². The maximum Gasteiger partial charge on any atom is 0.272 e. The molecule has 4 heterocycles. The van der Waals surface area contributed by atoms with Crippen LogP contribution in [0.3, 0.4) is 0 Å². The molecule has 0 radical (unpaired) electrons. The number of nitrogens with zero attached hydrogens (tertiary/aromatic N) is 5. The second-order valence-corrected chi connectivity index (χ2v) is 9.74. The molecule has 174 valence electrons. The quantitative estimate of drug-likeness (QED) is 0.610. The van der Waals surface area contributed by atoms with E-state index >= 15 is 0 Å². The van der Waals surface area contributed by atoms with Crippen LogP contribution >= 0.6 is 11.6 Å². The molecule has 3 aliphatic rings. The molecule has 9 heteroatoms. The molecule has 3 aromatic rings. The molecule has 1 fully saturated rings. The van der Waals surface area contributed by atoms with E-state index in [4.69, 9.17) is 27.1 Å². The van der Waals surface area contributed by atoms with Crippen molar-refractivity contribution in [2.75, 3.05) is 18.0 Å². The first-order valence-electron chi connectivity index (χ1n) is 11.5. The third-order valence-electron chi connectivity index (χ3n) is 7.46. The standard InChI is InChI=1S/C25H25ClN6O2/c1-31-9-6-18(20(26)24(31)33)34-23-21-17(13-29-23)30-19(14-28-21)32-10-7-25(8-11-32)12-15-4-2-3-5-16(15)22(25)27/h2-6,9,14,22H,7-8,10-13,27H2,1H3/t22-/m1/s1. The molecule has 0 saturated carbocycles. The Labute approximate surface area is 202 Å². The zero-order valence-electron chi connectivity index (χ0n) is 18.9. The number of anilines is 1. The third-order valence-corrected chi connectivity index (χ3v) is 7.81. The van der Waals surface area contributed by atoms with Gasteiger partial charge in [-0.1, -0.05) is 35.9 Å². The van der Waals surface area contributed by atoms with E-state index in [-0.39, 0.29) is 27.8 Å². The number of pyridine rings is 1. The van der Waals surface area contributed by atoms with Crippen LogP contribution in [0.25, 0.3) is 0 Å². The number of ether oxygens (including phenoxy) is 1. The van der Waals surface area contributed by atoms with Crippen molar-refractivity contribution in [1.29, 1.82) is 0 Å². The number of nitrogens with two attached hydrogens (primary N) is 1. The lowest BCUT2D eigenvalue weighted by Gasteiger charge is -2.42. The smallest absolute Gasteiger partial charge is 0.272 e. The highest BCUT2D eigenvalue weighted by molar-refractivity contribution is 6.32. The van der Waals surface area contributed by atoms with E-state index in [0.29, 0.717) is 18.1 Å². The molecular formula is C25H25ClN6O2. The van der Waals surface area contributed by atoms with Crippen molar-refractivity contribution in [3.05, 3.63) is 80.6 Å². The minimum absolute atomic E-state index is 0.0141. The third kappa shape index (κ3) is 3.32. The van der Waals surface area contributed by atoms with Crippen LogP contribution in [-0.2, 0) is 20.0 Å². The monoisotopic (exact) mass is 476 g/mol. The van der Waals surface area contributed by atoms with E-state index in [0.717, 1.165) is 43.9 Å². The van der Waals surface area contributed by atoms with Crippen LogP contribution in [-0.4, -0.2) is 33.5 Å². The summed E-state index contributed by atoms with van der Waals surface area (Å²) in [6.07, 6.45) is 6.47. The fraction of sp³-hybridized carbons (Fsp3) is 0.360. The van der Waals surface area contributed by atoms with Gasteiger partial charge in [0.1, 0.15) is 16.5 Å². The van der Waals surface area contributed by atoms with Crippen LogP contribution in [0.2, 0.25) is 5.02 Å². The highest BCUT2D eigenvalue weighted by Gasteiger charge is 2.46. The Morgan fingerprint density at radius 2 is 2.00 bits per heavy atom. The Morgan fingerprint density at radius 3 is 2.79 bits per heavy atom. The number of aryl methyl sites for hydroxylation is 1. The SMILES string of the molecule is Cn1ccc(OC2=NCc3nc(N4CCC5(CC4)Cc4ccccc4[C@H]5N)cnc32)c(Cl)c1=O. The molecule has 6 rings (SSSR count). The van der Waals surface area contributed by atoms with Gasteiger partial charge in [0.05, 0.1) is 18.4 Å². The summed E-state index contributed by atoms with van der Waals surface area (Å²) in [7, 11) is 1.63. The highest BCUT2D eigenvalue weighted by atomic mass is 35.5. The average molecular weight is 477 g/mol. The van der Waals surface area contributed by atoms with E-state index in [1.54, 1.807) is 25.5 Å². The van der Waals surface area contributed by atoms with Crippen LogP contribution in [0.1, 0.15) is 41.4 Å². The Hall–Kier alpha value is -3.23. The molecule has 1 aromatic carbocycles. The van der Waals surface area contributed by atoms with Crippen LogP contribution in [0, 0.1) is 5.41 Å². The minimum Gasteiger partial charge on any atom is -0.435 e. The summed E-state index contributed by atoms with van der Waals surface area (Å²) in [5.74, 6) is 1.44. The van der Waals surface area contributed by atoms with Crippen LogP contribution in [0.4, 0.5) is 5.82 Å². The summed E-state index contributed by atoms with van der Waals surface area (Å²) < 4.78 is 7.23. The molecule has 2 aliphatic heterocycles. The van der Waals surface area contributed by atoms with Gasteiger partial charge in [-0.3, -0.25) is 4.79 Å². The normalized spacial score (nSPS) is 20.3. The molecule has 0 bridgehead atoms. The van der Waals surface area contributed by atoms with Crippen LogP contribution in [0.5, 0.6) is 5.75 Å². The van der Waals surface area contributed by atoms with Crippen molar-refractivity contribution in [2.45, 2.75) is 31.8 Å². The first kappa shape index (κ1) is 21.3. The van der Waals surface area contributed by atoms with Gasteiger partial charge in [-0.2, -0.15) is 0 Å². The number of hydrogen-bond donors (Lipinski definition) is 1. The molecule has 0 unspecified atom stereocenters. The van der Waals surface area contributed by atoms with Crippen molar-refractivity contribution >= 4 is 23.3 Å². The maximum atomic E-state index is 12.1. The Balaban J connectivity index is 1.17. The number of hydrogen-bond acceptors (Lipinski definition) is 7. The van der Waals surface area contributed by atoms with Gasteiger partial charge < -0.3 is 19.9 Å². The summed E-state index contributed by atoms with van der Waals surface area (Å²) in [6, 6.07) is 10.3. The van der Waals surface area contributed by atoms with Crippen molar-refractivity contribution in [1.82, 2.24) is 14.5 Å². The minimum atomic E-state index is -0.327. The zero-order valence-corrected chi connectivity index (χ0v) is 19.6. The molecule has 1 aliphatic carbocycles. The van der Waals surface area contributed by atoms with Gasteiger partial charge >= 0.3 is 0 Å². The van der Waals surface area contributed by atoms with Crippen molar-refractivity contribution < 1.29 is 4.74 Å². The first-order chi connectivity index (χ1) is 16.4. The second-order valence-electron chi connectivity index (χ2n) is 9.36. The molecule has 34 heavy (non-hydrogen) atoms. The van der Waals surface area contributed by atoms with Crippen molar-refractivity contribution in [3.63, 3.8) is 0 Å². The highest BCUT2D eigenvalue weighted by Crippen LogP contribution is 2.50. The van der Waals surface area contributed by atoms with Gasteiger partial charge in [-0.25, -0.2) is 15.0 Å². The van der Waals surface area contributed by atoms with E-state index in [2.05, 4.69) is 39.1 Å². The Morgan fingerprint density at radius 1 is 1.21 bits per heavy atom. The van der Waals surface area contributed by atoms with E-state index < -0.39 is 0 Å². The molecule has 1 atom stereocenters. The fourth-order valence-electron chi connectivity index (χ4n) is 5.41. The van der Waals surface area contributed by atoms with Crippen molar-refractivity contribution in [3.8, 4) is 5.75 Å². The van der Waals surface area contributed by atoms with E-state index in [9.17, 15) is 4.79 Å². The zero-order chi connectivity index (χ0) is 23.4. The predicted molar refractivity (Wildman–Crippen MR) is 131 cm³/mol. The van der Waals surface area contributed by atoms with Crippen LogP contribution in [0.15, 0.2) is 52.5 Å². The summed E-state index contributed by atoms with van der Waals surface area (Å²) in [4.78, 5) is 28.2. The van der Waals surface area contributed by atoms with E-state index in [1.165, 1.54) is 15.7 Å². The van der Waals surface area contributed by atoms with Gasteiger partial charge in [0.2, 0.25) is 5.90 Å². The lowest BCUT2D eigenvalue weighted by molar-refractivity contribution is 0.187. The lowest BCUT2D eigenvalue weighted by atomic mass is 9.73.